The van der Waals surface area contributed by atoms with Crippen LogP contribution in [0.1, 0.15) is 62.8 Å². The Kier molecular flexibility index (Phi) is 6.42. The fraction of sp³-hybridized carbons (Fsp3) is 0.647. The van der Waals surface area contributed by atoms with E-state index < -0.39 is 0 Å². The molecule has 0 fully saturated rings. The van der Waals surface area contributed by atoms with E-state index in [-0.39, 0.29) is 0 Å². The molecule has 1 aromatic rings. The average molecular weight is 247 g/mol. The maximum Gasteiger partial charge on any atom is 0.0325 e. The van der Waals surface area contributed by atoms with Crippen LogP contribution in [-0.2, 0) is 0 Å². The van der Waals surface area contributed by atoms with Gasteiger partial charge < -0.3 is 5.32 Å². The molecular formula is C17H29N. The maximum absolute atomic E-state index is 3.66. The first kappa shape index (κ1) is 15.2. The highest BCUT2D eigenvalue weighted by Crippen LogP contribution is 2.27. The van der Waals surface area contributed by atoms with Crippen LogP contribution >= 0.6 is 0 Å². The van der Waals surface area contributed by atoms with Crippen LogP contribution in [0.15, 0.2) is 18.2 Å². The van der Waals surface area contributed by atoms with Crippen LogP contribution < -0.4 is 5.32 Å². The molecule has 0 aliphatic rings. The smallest absolute Gasteiger partial charge is 0.0325 e. The molecule has 18 heavy (non-hydrogen) atoms. The van der Waals surface area contributed by atoms with Gasteiger partial charge in [0.25, 0.3) is 0 Å². The van der Waals surface area contributed by atoms with Crippen molar-refractivity contribution < 1.29 is 0 Å². The van der Waals surface area contributed by atoms with E-state index >= 15 is 0 Å². The van der Waals surface area contributed by atoms with Gasteiger partial charge in [0, 0.05) is 6.04 Å². The van der Waals surface area contributed by atoms with E-state index in [2.05, 4.69) is 58.1 Å². The van der Waals surface area contributed by atoms with Crippen LogP contribution in [0.5, 0.6) is 0 Å². The molecule has 1 aromatic carbocycles. The van der Waals surface area contributed by atoms with Gasteiger partial charge >= 0.3 is 0 Å². The second-order valence-electron chi connectivity index (χ2n) is 5.39. The van der Waals surface area contributed by atoms with Gasteiger partial charge in [-0.05, 0) is 43.9 Å². The van der Waals surface area contributed by atoms with E-state index in [0.29, 0.717) is 6.04 Å². The van der Waals surface area contributed by atoms with Gasteiger partial charge in [0.15, 0.2) is 0 Å². The highest BCUT2D eigenvalue weighted by molar-refractivity contribution is 5.32. The van der Waals surface area contributed by atoms with Crippen molar-refractivity contribution in [2.45, 2.75) is 59.9 Å². The highest BCUT2D eigenvalue weighted by Gasteiger charge is 2.16. The third-order valence-electron chi connectivity index (χ3n) is 3.97. The molecule has 0 heterocycles. The lowest BCUT2D eigenvalue weighted by Gasteiger charge is -2.25. The van der Waals surface area contributed by atoms with Crippen LogP contribution in [0.25, 0.3) is 0 Å². The largest absolute Gasteiger partial charge is 0.310 e. The summed E-state index contributed by atoms with van der Waals surface area (Å²) < 4.78 is 0. The summed E-state index contributed by atoms with van der Waals surface area (Å²) in [5, 5.41) is 3.66. The average Bonchev–Trinajstić information content (AvgIpc) is 2.35. The molecule has 1 heteroatoms. The fourth-order valence-corrected chi connectivity index (χ4v) is 2.74. The van der Waals surface area contributed by atoms with Crippen molar-refractivity contribution in [3.63, 3.8) is 0 Å². The molecule has 0 aliphatic heterocycles. The number of nitrogens with one attached hydrogen (secondary N) is 1. The third kappa shape index (κ3) is 4.13. The first-order chi connectivity index (χ1) is 8.62. The number of rotatable bonds is 7. The lowest BCUT2D eigenvalue weighted by molar-refractivity contribution is 0.375. The first-order valence-corrected chi connectivity index (χ1v) is 7.42. The predicted molar refractivity (Wildman–Crippen MR) is 81.0 cm³/mol. The summed E-state index contributed by atoms with van der Waals surface area (Å²) in [6.45, 7) is 12.2. The van der Waals surface area contributed by atoms with Gasteiger partial charge in [-0.2, -0.15) is 0 Å². The second-order valence-corrected chi connectivity index (χ2v) is 5.39. The van der Waals surface area contributed by atoms with Crippen molar-refractivity contribution >= 4 is 0 Å². The number of benzene rings is 1. The van der Waals surface area contributed by atoms with Gasteiger partial charge in [-0.15, -0.1) is 0 Å². The zero-order chi connectivity index (χ0) is 13.5. The minimum atomic E-state index is 0.514. The van der Waals surface area contributed by atoms with E-state index in [1.54, 1.807) is 0 Å². The minimum absolute atomic E-state index is 0.514. The minimum Gasteiger partial charge on any atom is -0.310 e. The Morgan fingerprint density at radius 2 is 1.72 bits per heavy atom. The Labute approximate surface area is 113 Å². The Morgan fingerprint density at radius 1 is 1.06 bits per heavy atom. The Hall–Kier alpha value is -0.820. The van der Waals surface area contributed by atoms with E-state index in [9.17, 15) is 0 Å². The zero-order valence-corrected chi connectivity index (χ0v) is 12.7. The molecule has 0 spiro atoms. The van der Waals surface area contributed by atoms with E-state index in [4.69, 9.17) is 0 Å². The molecule has 0 radical (unpaired) electrons. The molecule has 1 N–H and O–H groups in total. The Bertz CT molecular complexity index is 353. The van der Waals surface area contributed by atoms with Crippen molar-refractivity contribution in [2.24, 2.45) is 5.92 Å². The summed E-state index contributed by atoms with van der Waals surface area (Å²) in [4.78, 5) is 0. The SMILES string of the molecule is CCNC(CC(CC)CC)c1ccc(C)cc1C. The molecule has 0 saturated carbocycles. The molecular weight excluding hydrogens is 218 g/mol. The number of hydrogen-bond acceptors (Lipinski definition) is 1. The van der Waals surface area contributed by atoms with Gasteiger partial charge in [0.1, 0.15) is 0 Å². The normalized spacial score (nSPS) is 13.0. The van der Waals surface area contributed by atoms with Crippen molar-refractivity contribution in [1.29, 1.82) is 0 Å². The van der Waals surface area contributed by atoms with Gasteiger partial charge in [-0.25, -0.2) is 0 Å². The molecule has 0 saturated heterocycles. The summed E-state index contributed by atoms with van der Waals surface area (Å²) in [6.07, 6.45) is 3.82. The van der Waals surface area contributed by atoms with Gasteiger partial charge in [0.05, 0.1) is 0 Å². The molecule has 1 nitrogen and oxygen atoms in total. The summed E-state index contributed by atoms with van der Waals surface area (Å²) in [5.74, 6) is 0.828. The summed E-state index contributed by atoms with van der Waals surface area (Å²) in [5.41, 5.74) is 4.26. The molecule has 1 atom stereocenters. The molecule has 1 rings (SSSR count). The summed E-state index contributed by atoms with van der Waals surface area (Å²) >= 11 is 0. The quantitative estimate of drug-likeness (QED) is 0.731. The third-order valence-corrected chi connectivity index (χ3v) is 3.97. The Balaban J connectivity index is 2.89. The first-order valence-electron chi connectivity index (χ1n) is 7.42. The van der Waals surface area contributed by atoms with Crippen LogP contribution in [0.3, 0.4) is 0 Å². The Morgan fingerprint density at radius 3 is 2.22 bits per heavy atom. The molecule has 0 aromatic heterocycles. The molecule has 102 valence electrons. The maximum atomic E-state index is 3.66. The number of aryl methyl sites for hydroxylation is 2. The van der Waals surface area contributed by atoms with Gasteiger partial charge in [-0.3, -0.25) is 0 Å². The number of hydrogen-bond donors (Lipinski definition) is 1. The van der Waals surface area contributed by atoms with Gasteiger partial charge in [-0.1, -0.05) is 57.4 Å². The van der Waals surface area contributed by atoms with Crippen LogP contribution in [0, 0.1) is 19.8 Å². The van der Waals surface area contributed by atoms with Crippen molar-refractivity contribution in [3.8, 4) is 0 Å². The van der Waals surface area contributed by atoms with Crippen LogP contribution in [-0.4, -0.2) is 6.54 Å². The van der Waals surface area contributed by atoms with Crippen molar-refractivity contribution in [1.82, 2.24) is 5.32 Å². The zero-order valence-electron chi connectivity index (χ0n) is 12.7. The lowest BCUT2D eigenvalue weighted by atomic mass is 9.89. The van der Waals surface area contributed by atoms with Crippen molar-refractivity contribution in [2.75, 3.05) is 6.54 Å². The van der Waals surface area contributed by atoms with Gasteiger partial charge in [0.2, 0.25) is 0 Å². The molecule has 0 bridgehead atoms. The predicted octanol–water partition coefficient (Wildman–Crippen LogP) is 4.78. The molecule has 0 amide bonds. The standard InChI is InChI=1S/C17H29N/c1-6-15(7-2)12-17(18-8-3)16-10-9-13(4)11-14(16)5/h9-11,15,17-18H,6-8,12H2,1-5H3. The molecule has 1 unspecified atom stereocenters. The monoisotopic (exact) mass is 247 g/mol. The topological polar surface area (TPSA) is 12.0 Å². The molecule has 0 aliphatic carbocycles. The van der Waals surface area contributed by atoms with Crippen LogP contribution in [0.4, 0.5) is 0 Å². The van der Waals surface area contributed by atoms with E-state index in [0.717, 1.165) is 12.5 Å². The lowest BCUT2D eigenvalue weighted by Crippen LogP contribution is -2.24. The fourth-order valence-electron chi connectivity index (χ4n) is 2.74. The highest BCUT2D eigenvalue weighted by atomic mass is 14.9. The van der Waals surface area contributed by atoms with E-state index in [1.165, 1.54) is 36.0 Å². The summed E-state index contributed by atoms with van der Waals surface area (Å²) in [6, 6.07) is 7.35. The van der Waals surface area contributed by atoms with Crippen molar-refractivity contribution in [3.05, 3.63) is 34.9 Å². The van der Waals surface area contributed by atoms with Crippen LogP contribution in [0.2, 0.25) is 0 Å². The van der Waals surface area contributed by atoms with E-state index in [1.807, 2.05) is 0 Å². The summed E-state index contributed by atoms with van der Waals surface area (Å²) in [7, 11) is 0. The second kappa shape index (κ2) is 7.58.